The second-order valence-electron chi connectivity index (χ2n) is 4.54. The lowest BCUT2D eigenvalue weighted by molar-refractivity contribution is -0.148. The molecule has 1 atom stereocenters. The van der Waals surface area contributed by atoms with Gasteiger partial charge in [0.2, 0.25) is 0 Å². The highest BCUT2D eigenvalue weighted by atomic mass is 35.5. The Morgan fingerprint density at radius 3 is 2.78 bits per heavy atom. The average Bonchev–Trinajstić information content (AvgIpc) is 2.95. The van der Waals surface area contributed by atoms with Crippen LogP contribution in [0.4, 0.5) is 0 Å². The van der Waals surface area contributed by atoms with Gasteiger partial charge in [-0.1, -0.05) is 18.5 Å². The number of thiophene rings is 1. The van der Waals surface area contributed by atoms with E-state index in [4.69, 9.17) is 11.6 Å². The fraction of sp³-hybridized carbons (Fsp3) is 0.500. The van der Waals surface area contributed by atoms with Crippen LogP contribution < -0.4 is 0 Å². The molecule has 4 nitrogen and oxygen atoms in total. The number of aliphatic carboxylic acids is 1. The fourth-order valence-corrected chi connectivity index (χ4v) is 3.28. The largest absolute Gasteiger partial charge is 0.481 e. The summed E-state index contributed by atoms with van der Waals surface area (Å²) < 4.78 is 0. The SMILES string of the molecule is CCC1(C(=O)O)CCN(C(=O)c2cc(Cl)cs2)C1. The van der Waals surface area contributed by atoms with Crippen LogP contribution in [0.3, 0.4) is 0 Å². The summed E-state index contributed by atoms with van der Waals surface area (Å²) in [7, 11) is 0. The molecule has 1 fully saturated rings. The van der Waals surface area contributed by atoms with Gasteiger partial charge < -0.3 is 10.0 Å². The lowest BCUT2D eigenvalue weighted by Crippen LogP contribution is -2.36. The van der Waals surface area contributed by atoms with Crippen LogP contribution >= 0.6 is 22.9 Å². The van der Waals surface area contributed by atoms with Crippen molar-refractivity contribution >= 4 is 34.8 Å². The maximum atomic E-state index is 12.2. The highest BCUT2D eigenvalue weighted by molar-refractivity contribution is 7.12. The Balaban J connectivity index is 2.13. The first-order chi connectivity index (χ1) is 8.48. The van der Waals surface area contributed by atoms with E-state index in [0.29, 0.717) is 29.3 Å². The van der Waals surface area contributed by atoms with Gasteiger partial charge in [-0.3, -0.25) is 9.59 Å². The Morgan fingerprint density at radius 1 is 1.61 bits per heavy atom. The molecule has 0 radical (unpaired) electrons. The van der Waals surface area contributed by atoms with E-state index in [-0.39, 0.29) is 12.5 Å². The summed E-state index contributed by atoms with van der Waals surface area (Å²) >= 11 is 7.08. The first kappa shape index (κ1) is 13.4. The van der Waals surface area contributed by atoms with Gasteiger partial charge in [0, 0.05) is 18.5 Å². The van der Waals surface area contributed by atoms with E-state index in [2.05, 4.69) is 0 Å². The molecule has 1 amide bonds. The third kappa shape index (κ3) is 2.24. The number of carboxylic acids is 1. The molecule has 2 rings (SSSR count). The van der Waals surface area contributed by atoms with E-state index in [0.717, 1.165) is 0 Å². The third-order valence-electron chi connectivity index (χ3n) is 3.55. The molecule has 0 aliphatic carbocycles. The minimum absolute atomic E-state index is 0.122. The Morgan fingerprint density at radius 2 is 2.33 bits per heavy atom. The van der Waals surface area contributed by atoms with Crippen LogP contribution in [0, 0.1) is 5.41 Å². The molecule has 1 aliphatic heterocycles. The highest BCUT2D eigenvalue weighted by Crippen LogP contribution is 2.35. The topological polar surface area (TPSA) is 57.6 Å². The van der Waals surface area contributed by atoms with Gasteiger partial charge >= 0.3 is 5.97 Å². The first-order valence-corrected chi connectivity index (χ1v) is 7.01. The number of likely N-dealkylation sites (tertiary alicyclic amines) is 1. The van der Waals surface area contributed by atoms with Gasteiger partial charge in [-0.25, -0.2) is 0 Å². The summed E-state index contributed by atoms with van der Waals surface area (Å²) in [6, 6.07) is 1.63. The molecule has 0 bridgehead atoms. The Labute approximate surface area is 114 Å². The molecule has 6 heteroatoms. The Bertz CT molecular complexity index is 487. The van der Waals surface area contributed by atoms with E-state index < -0.39 is 11.4 Å². The number of halogens is 1. The van der Waals surface area contributed by atoms with Crippen molar-refractivity contribution in [1.82, 2.24) is 4.90 Å². The number of carboxylic acid groups (broad SMARTS) is 1. The van der Waals surface area contributed by atoms with Crippen LogP contribution in [0.1, 0.15) is 29.4 Å². The smallest absolute Gasteiger partial charge is 0.311 e. The van der Waals surface area contributed by atoms with Crippen molar-refractivity contribution in [1.29, 1.82) is 0 Å². The molecule has 0 saturated carbocycles. The van der Waals surface area contributed by atoms with Crippen molar-refractivity contribution in [2.45, 2.75) is 19.8 Å². The van der Waals surface area contributed by atoms with Gasteiger partial charge in [-0.15, -0.1) is 11.3 Å². The molecule has 1 saturated heterocycles. The maximum absolute atomic E-state index is 12.2. The number of hydrogen-bond donors (Lipinski definition) is 1. The number of carbonyl (C=O) groups is 2. The number of nitrogens with zero attached hydrogens (tertiary/aromatic N) is 1. The van der Waals surface area contributed by atoms with Gasteiger partial charge in [0.15, 0.2) is 0 Å². The van der Waals surface area contributed by atoms with E-state index >= 15 is 0 Å². The number of amides is 1. The second kappa shape index (κ2) is 4.90. The molecule has 1 N–H and O–H groups in total. The summed E-state index contributed by atoms with van der Waals surface area (Å²) in [5, 5.41) is 11.5. The van der Waals surface area contributed by atoms with E-state index in [9.17, 15) is 14.7 Å². The summed E-state index contributed by atoms with van der Waals surface area (Å²) in [6.45, 7) is 2.63. The zero-order chi connectivity index (χ0) is 13.3. The molecule has 1 aromatic rings. The molecular formula is C12H14ClNO3S. The molecule has 0 spiro atoms. The van der Waals surface area contributed by atoms with E-state index in [1.165, 1.54) is 11.3 Å². The van der Waals surface area contributed by atoms with Crippen LogP contribution in [0.2, 0.25) is 5.02 Å². The standard InChI is InChI=1S/C12H14ClNO3S/c1-2-12(11(16)17)3-4-14(7-12)10(15)9-5-8(13)6-18-9/h5-6H,2-4,7H2,1H3,(H,16,17). The highest BCUT2D eigenvalue weighted by Gasteiger charge is 2.44. The minimum atomic E-state index is -0.815. The van der Waals surface area contributed by atoms with Crippen molar-refractivity contribution in [2.75, 3.05) is 13.1 Å². The van der Waals surface area contributed by atoms with Crippen LogP contribution in [-0.2, 0) is 4.79 Å². The van der Waals surface area contributed by atoms with Crippen LogP contribution in [0.5, 0.6) is 0 Å². The van der Waals surface area contributed by atoms with Crippen molar-refractivity contribution in [2.24, 2.45) is 5.41 Å². The van der Waals surface area contributed by atoms with Crippen LogP contribution in [0.25, 0.3) is 0 Å². The Hall–Kier alpha value is -1.07. The molecule has 0 aromatic carbocycles. The van der Waals surface area contributed by atoms with Gasteiger partial charge in [0.05, 0.1) is 15.3 Å². The summed E-state index contributed by atoms with van der Waals surface area (Å²) in [5.74, 6) is -0.937. The predicted molar refractivity (Wildman–Crippen MR) is 70.2 cm³/mol. The quantitative estimate of drug-likeness (QED) is 0.930. The fourth-order valence-electron chi connectivity index (χ4n) is 2.24. The Kier molecular flexibility index (Phi) is 3.64. The van der Waals surface area contributed by atoms with Crippen molar-refractivity contribution in [3.05, 3.63) is 21.3 Å². The van der Waals surface area contributed by atoms with Gasteiger partial charge in [-0.2, -0.15) is 0 Å². The molecule has 1 aromatic heterocycles. The zero-order valence-corrected chi connectivity index (χ0v) is 11.6. The monoisotopic (exact) mass is 287 g/mol. The van der Waals surface area contributed by atoms with Crippen molar-refractivity contribution in [3.8, 4) is 0 Å². The summed E-state index contributed by atoms with van der Waals surface area (Å²) in [4.78, 5) is 25.7. The molecule has 2 heterocycles. The summed E-state index contributed by atoms with van der Waals surface area (Å²) in [6.07, 6.45) is 1.06. The maximum Gasteiger partial charge on any atom is 0.311 e. The van der Waals surface area contributed by atoms with Crippen molar-refractivity contribution < 1.29 is 14.7 Å². The van der Waals surface area contributed by atoms with Gasteiger partial charge in [0.1, 0.15) is 0 Å². The average molecular weight is 288 g/mol. The van der Waals surface area contributed by atoms with E-state index in [1.807, 2.05) is 6.92 Å². The molecule has 18 heavy (non-hydrogen) atoms. The zero-order valence-electron chi connectivity index (χ0n) is 9.98. The van der Waals surface area contributed by atoms with Crippen LogP contribution in [-0.4, -0.2) is 35.0 Å². The minimum Gasteiger partial charge on any atom is -0.481 e. The lowest BCUT2D eigenvalue weighted by Gasteiger charge is -2.22. The van der Waals surface area contributed by atoms with Crippen molar-refractivity contribution in [3.63, 3.8) is 0 Å². The third-order valence-corrected chi connectivity index (χ3v) is 4.82. The molecule has 98 valence electrons. The molecular weight excluding hydrogens is 274 g/mol. The predicted octanol–water partition coefficient (Wildman–Crippen LogP) is 2.73. The first-order valence-electron chi connectivity index (χ1n) is 5.75. The van der Waals surface area contributed by atoms with Gasteiger partial charge in [-0.05, 0) is 18.9 Å². The van der Waals surface area contributed by atoms with Gasteiger partial charge in [0.25, 0.3) is 5.91 Å². The normalized spacial score (nSPS) is 23.3. The number of rotatable bonds is 3. The molecule has 1 aliphatic rings. The molecule has 1 unspecified atom stereocenters. The lowest BCUT2D eigenvalue weighted by atomic mass is 9.84. The second-order valence-corrected chi connectivity index (χ2v) is 5.89. The summed E-state index contributed by atoms with van der Waals surface area (Å²) in [5.41, 5.74) is -0.781. The van der Waals surface area contributed by atoms with E-state index in [1.54, 1.807) is 16.3 Å². The van der Waals surface area contributed by atoms with Crippen LogP contribution in [0.15, 0.2) is 11.4 Å². The number of hydrogen-bond acceptors (Lipinski definition) is 3. The number of carbonyl (C=O) groups excluding carboxylic acids is 1.